The van der Waals surface area contributed by atoms with E-state index in [1.165, 1.54) is 0 Å². The zero-order valence-electron chi connectivity index (χ0n) is 9.03. The lowest BCUT2D eigenvalue weighted by Gasteiger charge is -2.28. The van der Waals surface area contributed by atoms with Crippen LogP contribution in [0.3, 0.4) is 0 Å². The summed E-state index contributed by atoms with van der Waals surface area (Å²) < 4.78 is 10.8. The molecular formula is C12H13NO3. The quantitative estimate of drug-likeness (QED) is 0.773. The Morgan fingerprint density at radius 1 is 1.50 bits per heavy atom. The van der Waals surface area contributed by atoms with E-state index in [9.17, 15) is 4.79 Å². The van der Waals surface area contributed by atoms with E-state index in [1.807, 2.05) is 18.2 Å². The van der Waals surface area contributed by atoms with Gasteiger partial charge in [-0.1, -0.05) is 0 Å². The second kappa shape index (κ2) is 3.40. The first-order valence-electron chi connectivity index (χ1n) is 5.38. The summed E-state index contributed by atoms with van der Waals surface area (Å²) in [6.07, 6.45) is 0.566. The number of fused-ring (bicyclic) bond motifs is 3. The summed E-state index contributed by atoms with van der Waals surface area (Å²) in [7, 11) is 1.63. The molecule has 84 valence electrons. The van der Waals surface area contributed by atoms with Gasteiger partial charge in [0.15, 0.2) is 0 Å². The largest absolute Gasteiger partial charge is 0.497 e. The molecule has 1 N–H and O–H groups in total. The van der Waals surface area contributed by atoms with Gasteiger partial charge in [-0.15, -0.1) is 0 Å². The Bertz CT molecular complexity index is 444. The zero-order chi connectivity index (χ0) is 11.1. The summed E-state index contributed by atoms with van der Waals surface area (Å²) in [6.45, 7) is 0.601. The minimum absolute atomic E-state index is 0.113. The topological polar surface area (TPSA) is 47.6 Å². The number of ether oxygens (including phenoxy) is 2. The van der Waals surface area contributed by atoms with Crippen LogP contribution in [0.25, 0.3) is 0 Å². The lowest BCUT2D eigenvalue weighted by atomic mass is 9.92. The molecule has 16 heavy (non-hydrogen) atoms. The number of rotatable bonds is 1. The molecule has 1 amide bonds. The predicted octanol–water partition coefficient (Wildman–Crippen LogP) is 1.26. The highest BCUT2D eigenvalue weighted by Crippen LogP contribution is 2.41. The summed E-state index contributed by atoms with van der Waals surface area (Å²) in [5.41, 5.74) is 1.06. The maximum atomic E-state index is 11.4. The monoisotopic (exact) mass is 219 g/mol. The molecule has 0 saturated carbocycles. The number of nitrogens with one attached hydrogen (secondary N) is 1. The third-order valence-corrected chi connectivity index (χ3v) is 3.24. The van der Waals surface area contributed by atoms with Crippen LogP contribution >= 0.6 is 0 Å². The van der Waals surface area contributed by atoms with Crippen molar-refractivity contribution in [3.05, 3.63) is 23.8 Å². The van der Waals surface area contributed by atoms with Crippen LogP contribution in [0.15, 0.2) is 18.2 Å². The minimum atomic E-state index is 0.113. The molecule has 2 aliphatic heterocycles. The van der Waals surface area contributed by atoms with Gasteiger partial charge in [0.2, 0.25) is 5.91 Å². The number of carbonyl (C=O) groups excluding carboxylic acids is 1. The highest BCUT2D eigenvalue weighted by Gasteiger charge is 2.38. The van der Waals surface area contributed by atoms with Crippen molar-refractivity contribution in [1.29, 1.82) is 0 Å². The van der Waals surface area contributed by atoms with Crippen LogP contribution in [0, 0.1) is 5.92 Å². The fraction of sp³-hybridized carbons (Fsp3) is 0.417. The molecule has 0 spiro atoms. The van der Waals surface area contributed by atoms with Crippen molar-refractivity contribution in [2.75, 3.05) is 13.7 Å². The molecule has 1 aromatic rings. The van der Waals surface area contributed by atoms with Crippen molar-refractivity contribution >= 4 is 5.91 Å². The van der Waals surface area contributed by atoms with Crippen molar-refractivity contribution < 1.29 is 14.3 Å². The predicted molar refractivity (Wildman–Crippen MR) is 57.5 cm³/mol. The van der Waals surface area contributed by atoms with Crippen molar-refractivity contribution in [3.8, 4) is 11.5 Å². The molecule has 4 nitrogen and oxygen atoms in total. The molecule has 0 unspecified atom stereocenters. The second-order valence-corrected chi connectivity index (χ2v) is 4.22. The smallest absolute Gasteiger partial charge is 0.220 e. The van der Waals surface area contributed by atoms with Crippen molar-refractivity contribution in [2.45, 2.75) is 12.5 Å². The fourth-order valence-corrected chi connectivity index (χ4v) is 2.41. The van der Waals surface area contributed by atoms with Gasteiger partial charge in [0.25, 0.3) is 0 Å². The molecule has 3 rings (SSSR count). The average molecular weight is 219 g/mol. The molecular weight excluding hydrogens is 206 g/mol. The van der Waals surface area contributed by atoms with E-state index >= 15 is 0 Å². The maximum Gasteiger partial charge on any atom is 0.220 e. The molecule has 4 heteroatoms. The van der Waals surface area contributed by atoms with Crippen LogP contribution in [0.5, 0.6) is 11.5 Å². The molecule has 2 heterocycles. The van der Waals surface area contributed by atoms with Gasteiger partial charge in [-0.2, -0.15) is 0 Å². The van der Waals surface area contributed by atoms with Gasteiger partial charge in [-0.05, 0) is 12.1 Å². The van der Waals surface area contributed by atoms with Crippen LogP contribution in [0.1, 0.15) is 18.0 Å². The summed E-state index contributed by atoms with van der Waals surface area (Å²) in [4.78, 5) is 11.4. The molecule has 1 aromatic carbocycles. The van der Waals surface area contributed by atoms with Gasteiger partial charge in [-0.25, -0.2) is 0 Å². The molecule has 1 saturated heterocycles. The highest BCUT2D eigenvalue weighted by atomic mass is 16.5. The Balaban J connectivity index is 2.00. The molecule has 2 aliphatic rings. The minimum Gasteiger partial charge on any atom is -0.497 e. The lowest BCUT2D eigenvalue weighted by Crippen LogP contribution is -2.27. The van der Waals surface area contributed by atoms with E-state index in [1.54, 1.807) is 7.11 Å². The Hall–Kier alpha value is -1.71. The molecule has 0 bridgehead atoms. The second-order valence-electron chi connectivity index (χ2n) is 4.22. The van der Waals surface area contributed by atoms with E-state index in [0.717, 1.165) is 17.1 Å². The van der Waals surface area contributed by atoms with E-state index in [0.29, 0.717) is 13.0 Å². The van der Waals surface area contributed by atoms with Gasteiger partial charge in [0, 0.05) is 24.0 Å². The Morgan fingerprint density at radius 3 is 3.19 bits per heavy atom. The van der Waals surface area contributed by atoms with Crippen LogP contribution < -0.4 is 14.8 Å². The van der Waals surface area contributed by atoms with Gasteiger partial charge in [-0.3, -0.25) is 4.79 Å². The number of amides is 1. The number of hydrogen-bond acceptors (Lipinski definition) is 3. The normalized spacial score (nSPS) is 26.4. The van der Waals surface area contributed by atoms with E-state index in [-0.39, 0.29) is 17.9 Å². The van der Waals surface area contributed by atoms with Crippen molar-refractivity contribution in [3.63, 3.8) is 0 Å². The van der Waals surface area contributed by atoms with Gasteiger partial charge in [0.1, 0.15) is 11.5 Å². The van der Waals surface area contributed by atoms with Gasteiger partial charge < -0.3 is 14.8 Å². The first-order valence-corrected chi connectivity index (χ1v) is 5.38. The Labute approximate surface area is 93.5 Å². The van der Waals surface area contributed by atoms with E-state index in [4.69, 9.17) is 9.47 Å². The first-order chi connectivity index (χ1) is 7.78. The highest BCUT2D eigenvalue weighted by molar-refractivity contribution is 5.79. The molecule has 2 atom stereocenters. The third-order valence-electron chi connectivity index (χ3n) is 3.24. The number of benzene rings is 1. The molecule has 1 fully saturated rings. The van der Waals surface area contributed by atoms with Crippen LogP contribution in [-0.2, 0) is 4.79 Å². The Kier molecular flexibility index (Phi) is 2.02. The standard InChI is InChI=1S/C12H13NO3/c1-15-8-2-3-9-10(5-8)16-6-7-4-11(14)13-12(7)9/h2-3,5,7,12H,4,6H2,1H3,(H,13,14)/t7-,12+/m1/s1. The first kappa shape index (κ1) is 9.51. The molecule has 0 aliphatic carbocycles. The molecule has 0 aromatic heterocycles. The lowest BCUT2D eigenvalue weighted by molar-refractivity contribution is -0.119. The summed E-state index contributed by atoms with van der Waals surface area (Å²) >= 11 is 0. The van der Waals surface area contributed by atoms with Crippen LogP contribution in [-0.4, -0.2) is 19.6 Å². The zero-order valence-corrected chi connectivity index (χ0v) is 9.03. The summed E-state index contributed by atoms with van der Waals surface area (Å²) in [5.74, 6) is 1.99. The Morgan fingerprint density at radius 2 is 2.38 bits per heavy atom. The van der Waals surface area contributed by atoms with E-state index in [2.05, 4.69) is 5.32 Å². The number of methoxy groups -OCH3 is 1. The van der Waals surface area contributed by atoms with Crippen LogP contribution in [0.2, 0.25) is 0 Å². The van der Waals surface area contributed by atoms with Gasteiger partial charge in [0.05, 0.1) is 19.8 Å². The van der Waals surface area contributed by atoms with Crippen molar-refractivity contribution in [2.24, 2.45) is 5.92 Å². The third kappa shape index (κ3) is 1.33. The fourth-order valence-electron chi connectivity index (χ4n) is 2.41. The van der Waals surface area contributed by atoms with Crippen molar-refractivity contribution in [1.82, 2.24) is 5.32 Å². The average Bonchev–Trinajstić information content (AvgIpc) is 2.69. The van der Waals surface area contributed by atoms with Crippen LogP contribution in [0.4, 0.5) is 0 Å². The maximum absolute atomic E-state index is 11.4. The molecule has 0 radical (unpaired) electrons. The summed E-state index contributed by atoms with van der Waals surface area (Å²) in [6, 6.07) is 5.85. The number of hydrogen-bond donors (Lipinski definition) is 1. The van der Waals surface area contributed by atoms with E-state index < -0.39 is 0 Å². The number of carbonyl (C=O) groups is 1. The van der Waals surface area contributed by atoms with Gasteiger partial charge >= 0.3 is 0 Å². The SMILES string of the molecule is COc1ccc2c(c1)OC[C@H]1CC(=O)N[C@H]21. The summed E-state index contributed by atoms with van der Waals surface area (Å²) in [5, 5.41) is 2.99.